The number of nitro benzene ring substituents is 1. The number of aliphatic carboxylic acids is 1. The van der Waals surface area contributed by atoms with E-state index in [4.69, 9.17) is 5.11 Å². The van der Waals surface area contributed by atoms with Gasteiger partial charge in [0.2, 0.25) is 0 Å². The molecule has 0 radical (unpaired) electrons. The van der Waals surface area contributed by atoms with Crippen molar-refractivity contribution < 1.29 is 19.6 Å². The highest BCUT2D eigenvalue weighted by atomic mass is 32.2. The summed E-state index contributed by atoms with van der Waals surface area (Å²) >= 11 is 1.49. The van der Waals surface area contributed by atoms with E-state index in [9.17, 15) is 19.7 Å². The Morgan fingerprint density at radius 2 is 2.05 bits per heavy atom. The van der Waals surface area contributed by atoms with Gasteiger partial charge in [0.05, 0.1) is 4.92 Å². The number of nitrogens with one attached hydrogen (secondary N) is 1. The second-order valence-corrected chi connectivity index (χ2v) is 5.51. The van der Waals surface area contributed by atoms with Gasteiger partial charge >= 0.3 is 12.0 Å². The van der Waals surface area contributed by atoms with Gasteiger partial charge in [-0.15, -0.1) is 0 Å². The highest BCUT2D eigenvalue weighted by Crippen LogP contribution is 2.20. The highest BCUT2D eigenvalue weighted by Gasteiger charge is 2.32. The highest BCUT2D eigenvalue weighted by molar-refractivity contribution is 7.99. The zero-order chi connectivity index (χ0) is 15.4. The van der Waals surface area contributed by atoms with Gasteiger partial charge in [-0.2, -0.15) is 11.8 Å². The Hall–Kier alpha value is -2.29. The molecule has 9 heteroatoms. The number of urea groups is 1. The fourth-order valence-electron chi connectivity index (χ4n) is 1.91. The number of carboxylic acid groups (broad SMARTS) is 1. The Labute approximate surface area is 124 Å². The zero-order valence-corrected chi connectivity index (χ0v) is 11.7. The van der Waals surface area contributed by atoms with Crippen molar-refractivity contribution in [2.45, 2.75) is 6.04 Å². The summed E-state index contributed by atoms with van der Waals surface area (Å²) in [7, 11) is 0. The number of anilines is 1. The largest absolute Gasteiger partial charge is 0.480 e. The number of nitrogens with zero attached hydrogens (tertiary/aromatic N) is 2. The molecule has 1 aromatic carbocycles. The number of thioether (sulfide) groups is 1. The Bertz CT molecular complexity index is 563. The summed E-state index contributed by atoms with van der Waals surface area (Å²) in [5, 5.41) is 22.2. The number of carbonyl (C=O) groups excluding carboxylic acids is 1. The van der Waals surface area contributed by atoms with Crippen LogP contribution in [0.5, 0.6) is 0 Å². The van der Waals surface area contributed by atoms with Crippen LogP contribution in [0.4, 0.5) is 16.2 Å². The summed E-state index contributed by atoms with van der Waals surface area (Å²) in [6, 6.07) is 3.99. The number of nitro groups is 1. The van der Waals surface area contributed by atoms with E-state index in [-0.39, 0.29) is 5.69 Å². The summed E-state index contributed by atoms with van der Waals surface area (Å²) in [5.41, 5.74) is 0.304. The maximum absolute atomic E-state index is 12.1. The summed E-state index contributed by atoms with van der Waals surface area (Å²) in [6.07, 6.45) is 0. The van der Waals surface area contributed by atoms with Crippen LogP contribution >= 0.6 is 11.8 Å². The zero-order valence-electron chi connectivity index (χ0n) is 10.9. The van der Waals surface area contributed by atoms with E-state index in [1.165, 1.54) is 40.9 Å². The number of benzene rings is 1. The topological polar surface area (TPSA) is 113 Å². The SMILES string of the molecule is O=C(O)C1CSCCN1C(=O)Nc1ccc([N+](=O)[O-])cc1. The first-order valence-corrected chi connectivity index (χ1v) is 7.27. The van der Waals surface area contributed by atoms with Crippen LogP contribution in [0.25, 0.3) is 0 Å². The van der Waals surface area contributed by atoms with Crippen LogP contribution in [-0.2, 0) is 4.79 Å². The van der Waals surface area contributed by atoms with Crippen LogP contribution in [0.3, 0.4) is 0 Å². The number of carbonyl (C=O) groups is 2. The molecule has 0 aromatic heterocycles. The van der Waals surface area contributed by atoms with Gasteiger partial charge in [-0.05, 0) is 12.1 Å². The van der Waals surface area contributed by atoms with Gasteiger partial charge in [0, 0.05) is 35.9 Å². The first kappa shape index (κ1) is 15.1. The smallest absolute Gasteiger partial charge is 0.327 e. The fraction of sp³-hybridized carbons (Fsp3) is 0.333. The number of carboxylic acids is 1. The Morgan fingerprint density at radius 1 is 1.38 bits per heavy atom. The molecular weight excluding hydrogens is 298 g/mol. The minimum absolute atomic E-state index is 0.0780. The van der Waals surface area contributed by atoms with Crippen molar-refractivity contribution in [2.24, 2.45) is 0 Å². The molecule has 8 nitrogen and oxygen atoms in total. The van der Waals surface area contributed by atoms with Crippen molar-refractivity contribution in [3.63, 3.8) is 0 Å². The van der Waals surface area contributed by atoms with Crippen LogP contribution < -0.4 is 5.32 Å². The third kappa shape index (κ3) is 3.63. The van der Waals surface area contributed by atoms with E-state index in [2.05, 4.69) is 5.32 Å². The number of hydrogen-bond donors (Lipinski definition) is 2. The standard InChI is InChI=1S/C12H13N3O5S/c16-11(17)10-7-21-6-5-14(10)12(18)13-8-1-3-9(4-2-8)15(19)20/h1-4,10H,5-7H2,(H,13,18)(H,16,17). The number of amides is 2. The Morgan fingerprint density at radius 3 is 2.62 bits per heavy atom. The number of rotatable bonds is 3. The quantitative estimate of drug-likeness (QED) is 0.648. The van der Waals surface area contributed by atoms with Gasteiger partial charge in [-0.25, -0.2) is 9.59 Å². The van der Waals surface area contributed by atoms with E-state index < -0.39 is 23.0 Å². The van der Waals surface area contributed by atoms with Gasteiger partial charge < -0.3 is 15.3 Å². The molecule has 0 aliphatic carbocycles. The second-order valence-electron chi connectivity index (χ2n) is 4.36. The molecule has 1 aromatic rings. The molecule has 2 rings (SSSR count). The summed E-state index contributed by atoms with van der Waals surface area (Å²) in [5.74, 6) is -0.0124. The predicted octanol–water partition coefficient (Wildman–Crippen LogP) is 1.63. The predicted molar refractivity (Wildman–Crippen MR) is 77.6 cm³/mol. The molecule has 21 heavy (non-hydrogen) atoms. The molecule has 0 saturated carbocycles. The third-order valence-corrected chi connectivity index (χ3v) is 4.03. The lowest BCUT2D eigenvalue weighted by atomic mass is 10.2. The Kier molecular flexibility index (Phi) is 4.63. The normalized spacial score (nSPS) is 18.1. The average molecular weight is 311 g/mol. The molecule has 0 spiro atoms. The molecule has 1 heterocycles. The molecule has 2 N–H and O–H groups in total. The average Bonchev–Trinajstić information content (AvgIpc) is 2.47. The molecule has 1 fully saturated rings. The molecule has 1 aliphatic rings. The van der Waals surface area contributed by atoms with Crippen molar-refractivity contribution in [3.05, 3.63) is 34.4 Å². The molecule has 112 valence electrons. The van der Waals surface area contributed by atoms with E-state index in [0.29, 0.717) is 23.7 Å². The van der Waals surface area contributed by atoms with Gasteiger partial charge in [-0.1, -0.05) is 0 Å². The van der Waals surface area contributed by atoms with Crippen molar-refractivity contribution in [3.8, 4) is 0 Å². The van der Waals surface area contributed by atoms with Crippen molar-refractivity contribution in [1.82, 2.24) is 4.90 Å². The van der Waals surface area contributed by atoms with E-state index >= 15 is 0 Å². The summed E-state index contributed by atoms with van der Waals surface area (Å²) in [4.78, 5) is 34.5. The molecule has 1 atom stereocenters. The minimum atomic E-state index is -1.04. The second kappa shape index (κ2) is 6.44. The summed E-state index contributed by atoms with van der Waals surface area (Å²) in [6.45, 7) is 0.348. The van der Waals surface area contributed by atoms with Crippen LogP contribution in [0.15, 0.2) is 24.3 Å². The lowest BCUT2D eigenvalue weighted by Gasteiger charge is -2.32. The van der Waals surface area contributed by atoms with Gasteiger partial charge in [0.1, 0.15) is 6.04 Å². The first-order chi connectivity index (χ1) is 9.99. The first-order valence-electron chi connectivity index (χ1n) is 6.11. The minimum Gasteiger partial charge on any atom is -0.480 e. The van der Waals surface area contributed by atoms with E-state index in [0.717, 1.165) is 0 Å². The van der Waals surface area contributed by atoms with Crippen LogP contribution in [-0.4, -0.2) is 51.0 Å². The summed E-state index contributed by atoms with van der Waals surface area (Å²) < 4.78 is 0. The molecule has 1 saturated heterocycles. The maximum Gasteiger partial charge on any atom is 0.327 e. The van der Waals surface area contributed by atoms with Crippen molar-refractivity contribution in [1.29, 1.82) is 0 Å². The van der Waals surface area contributed by atoms with E-state index in [1.807, 2.05) is 0 Å². The lowest BCUT2D eigenvalue weighted by molar-refractivity contribution is -0.384. The molecule has 1 unspecified atom stereocenters. The fourth-order valence-corrected chi connectivity index (χ4v) is 2.95. The van der Waals surface area contributed by atoms with Crippen LogP contribution in [0.2, 0.25) is 0 Å². The Balaban J connectivity index is 2.05. The molecule has 2 amide bonds. The molecule has 0 bridgehead atoms. The van der Waals surface area contributed by atoms with Crippen molar-refractivity contribution >= 4 is 35.1 Å². The van der Waals surface area contributed by atoms with Gasteiger partial charge in [0.25, 0.3) is 5.69 Å². The third-order valence-electron chi connectivity index (χ3n) is 3.00. The van der Waals surface area contributed by atoms with Crippen LogP contribution in [0.1, 0.15) is 0 Å². The van der Waals surface area contributed by atoms with Crippen molar-refractivity contribution in [2.75, 3.05) is 23.4 Å². The van der Waals surface area contributed by atoms with Crippen LogP contribution in [0, 0.1) is 10.1 Å². The molecular formula is C12H13N3O5S. The molecule has 1 aliphatic heterocycles. The van der Waals surface area contributed by atoms with Gasteiger partial charge in [0.15, 0.2) is 0 Å². The maximum atomic E-state index is 12.1. The van der Waals surface area contributed by atoms with Gasteiger partial charge in [-0.3, -0.25) is 10.1 Å². The monoisotopic (exact) mass is 311 g/mol. The number of hydrogen-bond acceptors (Lipinski definition) is 5. The van der Waals surface area contributed by atoms with E-state index in [1.54, 1.807) is 0 Å². The number of non-ortho nitro benzene ring substituents is 1. The lowest BCUT2D eigenvalue weighted by Crippen LogP contribution is -2.51.